The number of hydrogen-bond donors (Lipinski definition) is 0. The molecule has 0 radical (unpaired) electrons. The Hall–Kier alpha value is -2.01. The van der Waals surface area contributed by atoms with Gasteiger partial charge >= 0.3 is 0 Å². The summed E-state index contributed by atoms with van der Waals surface area (Å²) >= 11 is 0. The maximum Gasteiger partial charge on any atom is 0.209 e. The van der Waals surface area contributed by atoms with Crippen LogP contribution in [0.1, 0.15) is 25.2 Å². The van der Waals surface area contributed by atoms with Crippen LogP contribution in [0.25, 0.3) is 11.3 Å². The Morgan fingerprint density at radius 1 is 1.33 bits per heavy atom. The SMILES string of the molecule is O=CC1CCCCN1Cc1ncc(-c2ccc(F)cc2)o1. The summed E-state index contributed by atoms with van der Waals surface area (Å²) in [5.41, 5.74) is 0.792. The van der Waals surface area contributed by atoms with Crippen LogP contribution in [0.2, 0.25) is 0 Å². The van der Waals surface area contributed by atoms with Crippen LogP contribution in [0.5, 0.6) is 0 Å². The maximum atomic E-state index is 12.9. The monoisotopic (exact) mass is 288 g/mol. The van der Waals surface area contributed by atoms with Crippen molar-refractivity contribution in [3.8, 4) is 11.3 Å². The molecule has 110 valence electrons. The van der Waals surface area contributed by atoms with Gasteiger partial charge in [-0.1, -0.05) is 6.42 Å². The zero-order valence-electron chi connectivity index (χ0n) is 11.7. The summed E-state index contributed by atoms with van der Waals surface area (Å²) in [4.78, 5) is 17.4. The first-order chi connectivity index (χ1) is 10.3. The van der Waals surface area contributed by atoms with Crippen molar-refractivity contribution in [1.82, 2.24) is 9.88 Å². The lowest BCUT2D eigenvalue weighted by Gasteiger charge is -2.30. The predicted octanol–water partition coefficient (Wildman–Crippen LogP) is 3.03. The molecular formula is C16H17FN2O2. The van der Waals surface area contributed by atoms with Crippen molar-refractivity contribution in [3.05, 3.63) is 42.2 Å². The van der Waals surface area contributed by atoms with Crippen LogP contribution in [0, 0.1) is 5.82 Å². The first kappa shape index (κ1) is 13.9. The number of aldehydes is 1. The molecule has 4 nitrogen and oxygen atoms in total. The molecule has 0 aliphatic carbocycles. The Bertz CT molecular complexity index is 609. The van der Waals surface area contributed by atoms with Gasteiger partial charge in [0, 0.05) is 5.56 Å². The molecule has 1 aromatic carbocycles. The second-order valence-electron chi connectivity index (χ2n) is 5.29. The number of nitrogens with zero attached hydrogens (tertiary/aromatic N) is 2. The number of aromatic nitrogens is 1. The second kappa shape index (κ2) is 6.18. The van der Waals surface area contributed by atoms with Crippen molar-refractivity contribution < 1.29 is 13.6 Å². The zero-order chi connectivity index (χ0) is 14.7. The lowest BCUT2D eigenvalue weighted by Crippen LogP contribution is -2.39. The fourth-order valence-corrected chi connectivity index (χ4v) is 2.67. The molecule has 3 rings (SSSR count). The maximum absolute atomic E-state index is 12.9. The van der Waals surface area contributed by atoms with Crippen LogP contribution >= 0.6 is 0 Å². The second-order valence-corrected chi connectivity index (χ2v) is 5.29. The van der Waals surface area contributed by atoms with E-state index < -0.39 is 0 Å². The van der Waals surface area contributed by atoms with Crippen LogP contribution in [0.3, 0.4) is 0 Å². The first-order valence-corrected chi connectivity index (χ1v) is 7.16. The number of carbonyl (C=O) groups is 1. The quantitative estimate of drug-likeness (QED) is 0.811. The van der Waals surface area contributed by atoms with E-state index in [-0.39, 0.29) is 11.9 Å². The van der Waals surface area contributed by atoms with Gasteiger partial charge in [-0.05, 0) is 43.7 Å². The smallest absolute Gasteiger partial charge is 0.209 e. The topological polar surface area (TPSA) is 46.3 Å². The Balaban J connectivity index is 1.72. The van der Waals surface area contributed by atoms with E-state index in [0.29, 0.717) is 18.2 Å². The first-order valence-electron chi connectivity index (χ1n) is 7.16. The molecule has 2 aromatic rings. The third-order valence-corrected chi connectivity index (χ3v) is 3.84. The van der Waals surface area contributed by atoms with Gasteiger partial charge in [-0.2, -0.15) is 0 Å². The minimum Gasteiger partial charge on any atom is -0.439 e. The summed E-state index contributed by atoms with van der Waals surface area (Å²) in [6.45, 7) is 1.42. The Labute approximate surface area is 122 Å². The minimum absolute atomic E-state index is 0.0417. The van der Waals surface area contributed by atoms with E-state index in [2.05, 4.69) is 9.88 Å². The van der Waals surface area contributed by atoms with Crippen LogP contribution in [0.15, 0.2) is 34.9 Å². The number of benzene rings is 1. The van der Waals surface area contributed by atoms with Gasteiger partial charge in [0.25, 0.3) is 0 Å². The fraction of sp³-hybridized carbons (Fsp3) is 0.375. The molecule has 1 fully saturated rings. The van der Waals surface area contributed by atoms with Gasteiger partial charge in [0.2, 0.25) is 5.89 Å². The Kier molecular flexibility index (Phi) is 4.10. The van der Waals surface area contributed by atoms with Crippen LogP contribution in [0.4, 0.5) is 4.39 Å². The third-order valence-electron chi connectivity index (χ3n) is 3.84. The van der Waals surface area contributed by atoms with Gasteiger partial charge < -0.3 is 9.21 Å². The van der Waals surface area contributed by atoms with Gasteiger partial charge in [0.1, 0.15) is 12.1 Å². The molecule has 0 saturated carbocycles. The van der Waals surface area contributed by atoms with Gasteiger partial charge in [-0.3, -0.25) is 4.90 Å². The van der Waals surface area contributed by atoms with Gasteiger partial charge in [0.15, 0.2) is 5.76 Å². The number of oxazole rings is 1. The number of likely N-dealkylation sites (tertiary alicyclic amines) is 1. The van der Waals surface area contributed by atoms with E-state index in [1.807, 2.05) is 0 Å². The molecule has 1 aliphatic heterocycles. The number of hydrogen-bond acceptors (Lipinski definition) is 4. The van der Waals surface area contributed by atoms with E-state index in [4.69, 9.17) is 4.42 Å². The van der Waals surface area contributed by atoms with E-state index in [0.717, 1.165) is 37.7 Å². The number of piperidine rings is 1. The lowest BCUT2D eigenvalue weighted by atomic mass is 10.0. The van der Waals surface area contributed by atoms with Crippen LogP contribution in [-0.4, -0.2) is 28.8 Å². The molecule has 5 heteroatoms. The summed E-state index contributed by atoms with van der Waals surface area (Å²) in [6.07, 6.45) is 5.72. The standard InChI is InChI=1S/C16H17FN2O2/c17-13-6-4-12(5-7-13)15-9-18-16(21-15)10-19-8-2-1-3-14(19)11-20/h4-7,9,11,14H,1-3,8,10H2. The van der Waals surface area contributed by atoms with E-state index in [9.17, 15) is 9.18 Å². The Morgan fingerprint density at radius 2 is 2.14 bits per heavy atom. The number of rotatable bonds is 4. The zero-order valence-corrected chi connectivity index (χ0v) is 11.7. The molecular weight excluding hydrogens is 271 g/mol. The molecule has 2 heterocycles. The summed E-state index contributed by atoms with van der Waals surface area (Å²) in [5.74, 6) is 0.924. The van der Waals surface area contributed by atoms with Crippen molar-refractivity contribution >= 4 is 6.29 Å². The highest BCUT2D eigenvalue weighted by atomic mass is 19.1. The molecule has 1 unspecified atom stereocenters. The molecule has 0 amide bonds. The van der Waals surface area contributed by atoms with E-state index >= 15 is 0 Å². The molecule has 21 heavy (non-hydrogen) atoms. The lowest BCUT2D eigenvalue weighted by molar-refractivity contribution is -0.113. The van der Waals surface area contributed by atoms with Crippen molar-refractivity contribution in [2.24, 2.45) is 0 Å². The molecule has 1 aliphatic rings. The molecule has 1 aromatic heterocycles. The highest BCUT2D eigenvalue weighted by Gasteiger charge is 2.23. The summed E-state index contributed by atoms with van der Waals surface area (Å²) < 4.78 is 18.6. The summed E-state index contributed by atoms with van der Waals surface area (Å²) in [7, 11) is 0. The average Bonchev–Trinajstić information content (AvgIpc) is 2.97. The van der Waals surface area contributed by atoms with Gasteiger partial charge in [-0.25, -0.2) is 9.37 Å². The largest absolute Gasteiger partial charge is 0.439 e. The van der Waals surface area contributed by atoms with E-state index in [1.54, 1.807) is 18.3 Å². The van der Waals surface area contributed by atoms with Gasteiger partial charge in [-0.15, -0.1) is 0 Å². The Morgan fingerprint density at radius 3 is 2.90 bits per heavy atom. The fourth-order valence-electron chi connectivity index (χ4n) is 2.67. The third kappa shape index (κ3) is 3.19. The van der Waals surface area contributed by atoms with E-state index in [1.165, 1.54) is 12.1 Å². The minimum atomic E-state index is -0.277. The van der Waals surface area contributed by atoms with Gasteiger partial charge in [0.05, 0.1) is 18.8 Å². The highest BCUT2D eigenvalue weighted by molar-refractivity contribution is 5.58. The number of carbonyl (C=O) groups excluding carboxylic acids is 1. The van der Waals surface area contributed by atoms with Crippen molar-refractivity contribution in [2.45, 2.75) is 31.8 Å². The predicted molar refractivity (Wildman–Crippen MR) is 76.0 cm³/mol. The summed E-state index contributed by atoms with van der Waals surface area (Å²) in [5, 5.41) is 0. The molecule has 0 bridgehead atoms. The molecule has 1 atom stereocenters. The molecule has 0 N–H and O–H groups in total. The average molecular weight is 288 g/mol. The van der Waals surface area contributed by atoms with Crippen molar-refractivity contribution in [3.63, 3.8) is 0 Å². The van der Waals surface area contributed by atoms with Crippen molar-refractivity contribution in [1.29, 1.82) is 0 Å². The summed E-state index contributed by atoms with van der Waals surface area (Å²) in [6, 6.07) is 6.07. The number of halogens is 1. The molecule has 0 spiro atoms. The normalized spacial score (nSPS) is 19.6. The highest BCUT2D eigenvalue weighted by Crippen LogP contribution is 2.23. The van der Waals surface area contributed by atoms with Crippen LogP contribution in [-0.2, 0) is 11.3 Å². The van der Waals surface area contributed by atoms with Crippen LogP contribution < -0.4 is 0 Å². The van der Waals surface area contributed by atoms with Crippen molar-refractivity contribution in [2.75, 3.05) is 6.54 Å². The molecule has 1 saturated heterocycles.